The van der Waals surface area contributed by atoms with E-state index in [1.807, 2.05) is 24.3 Å². The zero-order chi connectivity index (χ0) is 14.8. The van der Waals surface area contributed by atoms with Crippen molar-refractivity contribution in [3.8, 4) is 11.8 Å². The minimum atomic E-state index is -0.136. The first-order valence-electron chi connectivity index (χ1n) is 6.81. The zero-order valence-corrected chi connectivity index (χ0v) is 12.1. The highest BCUT2D eigenvalue weighted by Crippen LogP contribution is 2.08. The summed E-state index contributed by atoms with van der Waals surface area (Å²) >= 11 is 0. The molecule has 0 aliphatic heterocycles. The number of nitrogens with one attached hydrogen (secondary N) is 1. The van der Waals surface area contributed by atoms with Crippen molar-refractivity contribution in [2.45, 2.75) is 19.9 Å². The topological polar surface area (TPSA) is 52.6 Å². The lowest BCUT2D eigenvalue weighted by Gasteiger charge is -2.20. The smallest absolute Gasteiger partial charge is 0.233 e. The highest BCUT2D eigenvalue weighted by Gasteiger charge is 2.09. The molecule has 20 heavy (non-hydrogen) atoms. The van der Waals surface area contributed by atoms with Crippen LogP contribution in [0.3, 0.4) is 0 Å². The molecular weight excluding hydrogens is 252 g/mol. The van der Waals surface area contributed by atoms with Crippen molar-refractivity contribution in [1.29, 1.82) is 0 Å². The average Bonchev–Trinajstić information content (AvgIpc) is 2.45. The number of benzene rings is 1. The summed E-state index contributed by atoms with van der Waals surface area (Å²) < 4.78 is 0. The van der Waals surface area contributed by atoms with Gasteiger partial charge in [-0.15, -0.1) is 0 Å². The van der Waals surface area contributed by atoms with Crippen LogP contribution >= 0.6 is 0 Å². The predicted octanol–water partition coefficient (Wildman–Crippen LogP) is 0.988. The van der Waals surface area contributed by atoms with Gasteiger partial charge in [-0.25, -0.2) is 0 Å². The van der Waals surface area contributed by atoms with Gasteiger partial charge in [-0.2, -0.15) is 0 Å². The summed E-state index contributed by atoms with van der Waals surface area (Å²) in [5.41, 5.74) is 2.00. The van der Waals surface area contributed by atoms with E-state index in [-0.39, 0.29) is 12.5 Å². The normalized spacial score (nSPS) is 10.0. The maximum atomic E-state index is 11.5. The molecule has 0 atom stereocenters. The lowest BCUT2D eigenvalue weighted by molar-refractivity contribution is -0.121. The molecule has 0 saturated carbocycles. The molecule has 1 aromatic rings. The van der Waals surface area contributed by atoms with Gasteiger partial charge in [0, 0.05) is 19.2 Å². The molecule has 0 aromatic heterocycles. The third kappa shape index (κ3) is 5.87. The fourth-order valence-corrected chi connectivity index (χ4v) is 1.96. The maximum absolute atomic E-state index is 11.5. The number of hydrogen-bond donors (Lipinski definition) is 2. The Morgan fingerprint density at radius 1 is 1.45 bits per heavy atom. The Hall–Kier alpha value is -1.83. The van der Waals surface area contributed by atoms with E-state index in [4.69, 9.17) is 5.11 Å². The van der Waals surface area contributed by atoms with E-state index in [2.05, 4.69) is 29.0 Å². The van der Waals surface area contributed by atoms with Gasteiger partial charge in [0.1, 0.15) is 6.61 Å². The van der Waals surface area contributed by atoms with Crippen LogP contribution in [0.1, 0.15) is 24.5 Å². The van der Waals surface area contributed by atoms with Gasteiger partial charge in [-0.05, 0) is 30.7 Å². The Morgan fingerprint density at radius 3 is 2.90 bits per heavy atom. The first kappa shape index (κ1) is 16.2. The Labute approximate surface area is 120 Å². The summed E-state index contributed by atoms with van der Waals surface area (Å²) in [7, 11) is 1.65. The summed E-state index contributed by atoms with van der Waals surface area (Å²) in [6.45, 7) is 3.95. The maximum Gasteiger partial charge on any atom is 0.233 e. The standard InChI is InChI=1S/C16H22N2O2/c1-3-9-18(13-16(20)17-2)12-15-7-4-6-14(11-15)8-5-10-19/h4,6-7,11,19H,3,9-10,12-13H2,1-2H3,(H,17,20). The molecule has 0 bridgehead atoms. The molecular formula is C16H22N2O2. The van der Waals surface area contributed by atoms with E-state index in [9.17, 15) is 4.79 Å². The van der Waals surface area contributed by atoms with E-state index < -0.39 is 0 Å². The van der Waals surface area contributed by atoms with Crippen LogP contribution in [0.25, 0.3) is 0 Å². The molecule has 0 radical (unpaired) electrons. The van der Waals surface area contributed by atoms with Gasteiger partial charge in [0.05, 0.1) is 6.54 Å². The zero-order valence-electron chi connectivity index (χ0n) is 12.1. The van der Waals surface area contributed by atoms with Crippen molar-refractivity contribution in [3.05, 3.63) is 35.4 Å². The second-order valence-corrected chi connectivity index (χ2v) is 4.54. The molecule has 0 unspecified atom stereocenters. The lowest BCUT2D eigenvalue weighted by atomic mass is 10.1. The molecule has 1 aromatic carbocycles. The second-order valence-electron chi connectivity index (χ2n) is 4.54. The summed E-state index contributed by atoms with van der Waals surface area (Å²) in [5.74, 6) is 5.56. The second kappa shape index (κ2) is 9.13. The number of aliphatic hydroxyl groups is 1. The fourth-order valence-electron chi connectivity index (χ4n) is 1.96. The first-order chi connectivity index (χ1) is 9.69. The highest BCUT2D eigenvalue weighted by atomic mass is 16.2. The molecule has 1 rings (SSSR count). The van der Waals surface area contributed by atoms with Crippen LogP contribution in [0.15, 0.2) is 24.3 Å². The number of aliphatic hydroxyl groups excluding tert-OH is 1. The monoisotopic (exact) mass is 274 g/mol. The number of carbonyl (C=O) groups is 1. The van der Waals surface area contributed by atoms with Crippen LogP contribution in [0.5, 0.6) is 0 Å². The SMILES string of the molecule is CCCN(CC(=O)NC)Cc1cccc(C#CCO)c1. The van der Waals surface area contributed by atoms with Gasteiger partial charge in [0.2, 0.25) is 5.91 Å². The van der Waals surface area contributed by atoms with E-state index in [1.165, 1.54) is 0 Å². The number of rotatable bonds is 6. The molecule has 0 aliphatic carbocycles. The predicted molar refractivity (Wildman–Crippen MR) is 80.0 cm³/mol. The fraction of sp³-hybridized carbons (Fsp3) is 0.438. The molecule has 1 amide bonds. The van der Waals surface area contributed by atoms with E-state index in [0.29, 0.717) is 6.54 Å². The van der Waals surface area contributed by atoms with Crippen LogP contribution in [0.4, 0.5) is 0 Å². The van der Waals surface area contributed by atoms with Gasteiger partial charge in [-0.1, -0.05) is 30.9 Å². The number of carbonyl (C=O) groups excluding carboxylic acids is 1. The Kier molecular flexibility index (Phi) is 7.41. The van der Waals surface area contributed by atoms with Gasteiger partial charge in [-0.3, -0.25) is 9.69 Å². The van der Waals surface area contributed by atoms with Crippen molar-refractivity contribution in [2.75, 3.05) is 26.7 Å². The minimum absolute atomic E-state index is 0.0228. The molecule has 0 saturated heterocycles. The van der Waals surface area contributed by atoms with Crippen molar-refractivity contribution in [1.82, 2.24) is 10.2 Å². The molecule has 0 heterocycles. The Bertz CT molecular complexity index is 489. The first-order valence-corrected chi connectivity index (χ1v) is 6.81. The molecule has 0 spiro atoms. The van der Waals surface area contributed by atoms with Crippen LogP contribution < -0.4 is 5.32 Å². The van der Waals surface area contributed by atoms with Crippen LogP contribution in [0.2, 0.25) is 0 Å². The van der Waals surface area contributed by atoms with Crippen LogP contribution in [-0.2, 0) is 11.3 Å². The number of hydrogen-bond acceptors (Lipinski definition) is 3. The molecule has 4 heteroatoms. The van der Waals surface area contributed by atoms with Gasteiger partial charge >= 0.3 is 0 Å². The highest BCUT2D eigenvalue weighted by molar-refractivity contribution is 5.77. The third-order valence-corrected chi connectivity index (χ3v) is 2.83. The number of nitrogens with zero attached hydrogens (tertiary/aromatic N) is 1. The van der Waals surface area contributed by atoms with Crippen molar-refractivity contribution >= 4 is 5.91 Å². The van der Waals surface area contributed by atoms with E-state index >= 15 is 0 Å². The summed E-state index contributed by atoms with van der Waals surface area (Å²) in [5, 5.41) is 11.4. The molecule has 0 aliphatic rings. The largest absolute Gasteiger partial charge is 0.384 e. The van der Waals surface area contributed by atoms with Crippen molar-refractivity contribution in [3.63, 3.8) is 0 Å². The summed E-state index contributed by atoms with van der Waals surface area (Å²) in [6.07, 6.45) is 1.00. The number of amides is 1. The van der Waals surface area contributed by atoms with Crippen LogP contribution in [-0.4, -0.2) is 42.7 Å². The summed E-state index contributed by atoms with van der Waals surface area (Å²) in [4.78, 5) is 13.6. The number of likely N-dealkylation sites (N-methyl/N-ethyl adjacent to an activating group) is 1. The van der Waals surface area contributed by atoms with E-state index in [0.717, 1.165) is 30.6 Å². The average molecular weight is 274 g/mol. The quantitative estimate of drug-likeness (QED) is 0.761. The molecule has 108 valence electrons. The lowest BCUT2D eigenvalue weighted by Crippen LogP contribution is -2.35. The molecule has 0 fully saturated rings. The molecule has 2 N–H and O–H groups in total. The van der Waals surface area contributed by atoms with Crippen LogP contribution in [0, 0.1) is 11.8 Å². The van der Waals surface area contributed by atoms with E-state index in [1.54, 1.807) is 7.05 Å². The minimum Gasteiger partial charge on any atom is -0.384 e. The van der Waals surface area contributed by atoms with Gasteiger partial charge in [0.25, 0.3) is 0 Å². The van der Waals surface area contributed by atoms with Crippen molar-refractivity contribution < 1.29 is 9.90 Å². The Balaban J connectivity index is 2.74. The summed E-state index contributed by atoms with van der Waals surface area (Å²) in [6, 6.07) is 7.88. The van der Waals surface area contributed by atoms with Gasteiger partial charge < -0.3 is 10.4 Å². The van der Waals surface area contributed by atoms with Gasteiger partial charge in [0.15, 0.2) is 0 Å². The molecule has 4 nitrogen and oxygen atoms in total. The van der Waals surface area contributed by atoms with Crippen molar-refractivity contribution in [2.24, 2.45) is 0 Å². The Morgan fingerprint density at radius 2 is 2.25 bits per heavy atom. The third-order valence-electron chi connectivity index (χ3n) is 2.83.